The van der Waals surface area contributed by atoms with Crippen molar-refractivity contribution >= 4 is 179 Å². The molecule has 8 aromatic carbocycles. The number of hydrogen-bond acceptors (Lipinski definition) is 12. The van der Waals surface area contributed by atoms with E-state index in [1.54, 1.807) is 134 Å². The van der Waals surface area contributed by atoms with Gasteiger partial charge in [0.15, 0.2) is 0 Å². The van der Waals surface area contributed by atoms with Gasteiger partial charge in [0.2, 0.25) is 0 Å². The molecule has 4 N–H and O–H groups in total. The van der Waals surface area contributed by atoms with Gasteiger partial charge in [-0.05, 0) is 233 Å². The molecule has 1 aliphatic carbocycles. The maximum absolute atomic E-state index is 13.0. The van der Waals surface area contributed by atoms with Crippen molar-refractivity contribution < 1.29 is 19.2 Å². The molecule has 16 nitrogen and oxygen atoms in total. The summed E-state index contributed by atoms with van der Waals surface area (Å²) in [4.78, 5) is 69.1. The second-order valence-electron chi connectivity index (χ2n) is 24.8. The molecule has 1 aliphatic rings. The first kappa shape index (κ1) is 85.6. The van der Waals surface area contributed by atoms with Crippen LogP contribution in [0.15, 0.2) is 229 Å². The summed E-state index contributed by atoms with van der Waals surface area (Å²) in [6.45, 7) is 1.93. The summed E-state index contributed by atoms with van der Waals surface area (Å²) in [7, 11) is 0. The van der Waals surface area contributed by atoms with E-state index in [2.05, 4.69) is 63.2 Å². The minimum absolute atomic E-state index is 0.217. The number of carbonyl (C=O) groups excluding carboxylic acids is 4. The molecule has 0 aliphatic heterocycles. The van der Waals surface area contributed by atoms with Crippen molar-refractivity contribution in [1.29, 1.82) is 21.0 Å². The molecule has 2 unspecified atom stereocenters. The summed E-state index contributed by atoms with van der Waals surface area (Å²) in [6, 6.07) is 61.3. The third kappa shape index (κ3) is 23.2. The Labute approximate surface area is 718 Å². The Hall–Kier alpha value is -9.84. The summed E-state index contributed by atoms with van der Waals surface area (Å²) in [5.41, 5.74) is 10.5. The normalized spacial score (nSPS) is 12.2. The summed E-state index contributed by atoms with van der Waals surface area (Å²) in [5, 5.41) is 52.5. The highest BCUT2D eigenvalue weighted by Gasteiger charge is 2.28. The van der Waals surface area contributed by atoms with Gasteiger partial charge in [0.05, 0.1) is 124 Å². The number of halogens is 13. The molecule has 0 saturated heterocycles. The van der Waals surface area contributed by atoms with Crippen molar-refractivity contribution in [2.75, 3.05) is 0 Å². The molecule has 29 heteroatoms. The Morgan fingerprint density at radius 1 is 0.336 bits per heavy atom. The van der Waals surface area contributed by atoms with Gasteiger partial charge in [-0.1, -0.05) is 182 Å². The number of carbonyl (C=O) groups is 4. The average Bonchev–Trinajstić information content (AvgIpc) is 1.69. The smallest absolute Gasteiger partial charge is 0.252 e. The van der Waals surface area contributed by atoms with Crippen LogP contribution in [0, 0.1) is 52.2 Å². The summed E-state index contributed by atoms with van der Waals surface area (Å²) >= 11 is 75.9. The zero-order valence-corrected chi connectivity index (χ0v) is 68.9. The Balaban J connectivity index is 0.000000160. The topological polar surface area (TPSA) is 263 Å². The highest BCUT2D eigenvalue weighted by molar-refractivity contribution is 9.10. The van der Waals surface area contributed by atoms with E-state index in [1.165, 1.54) is 67.2 Å². The van der Waals surface area contributed by atoms with Gasteiger partial charge in [0, 0.05) is 56.5 Å². The molecule has 13 rings (SSSR count). The Morgan fingerprint density at radius 2 is 0.646 bits per heavy atom. The largest absolute Gasteiger partial charge is 0.340 e. The first-order chi connectivity index (χ1) is 54.2. The van der Waals surface area contributed by atoms with Crippen molar-refractivity contribution in [3.8, 4) is 24.3 Å². The van der Waals surface area contributed by atoms with Gasteiger partial charge in [0.25, 0.3) is 23.6 Å². The van der Waals surface area contributed by atoms with E-state index >= 15 is 0 Å². The lowest BCUT2D eigenvalue weighted by Gasteiger charge is -2.20. The Kier molecular flexibility index (Phi) is 30.5. The van der Waals surface area contributed by atoms with Crippen molar-refractivity contribution in [3.05, 3.63) is 390 Å². The van der Waals surface area contributed by atoms with E-state index in [1.807, 2.05) is 67.7 Å². The minimum atomic E-state index is -0.575. The number of amides is 4. The van der Waals surface area contributed by atoms with Crippen LogP contribution >= 0.6 is 155 Å². The van der Waals surface area contributed by atoms with Gasteiger partial charge < -0.3 is 21.3 Å². The molecule has 113 heavy (non-hydrogen) atoms. The van der Waals surface area contributed by atoms with Crippen LogP contribution < -0.4 is 21.3 Å². The summed E-state index contributed by atoms with van der Waals surface area (Å²) in [5.74, 6) is -0.795. The second kappa shape index (κ2) is 40.3. The first-order valence-corrected chi connectivity index (χ1v) is 38.8. The standard InChI is InChI=1S/C23H16Cl3N3O.C21H14Cl3N3O.C20H11BrCl3N3O.C20H12Cl3N3O/c24-18-7-5-14(9-20(18)26)22(21-8-6-17(12-28-21)13-1-2-13)29-23(30)15-3-4-16(11-27)19(25)10-15;1-12-2-7-19(26-11-12)20(13-5-6-16(22)18(24)8-13)27-21(28)14-3-4-15(10-25)17(23)9-14;21-15-7-12(1-2-13(15)9-25)20(28)27-19(18-6-4-14(22)10-26-18)11-3-5-16(23)17(24)8-11;21-15-5-3-12(4-6-15)19(18-8-7-16(22)11-25-18)26-20(27)13-1-2-14(10-24)17(23)9-13/h3-10,12-13,22H,1-2H2,(H,29,30);2-9,11,20H,1H3,(H,27,28);1-8,10,19H,(H,27,28);1-9,11,19H,(H,26,27)/t;;2*19-/m..00/s1. The van der Waals surface area contributed by atoms with Gasteiger partial charge in [-0.3, -0.25) is 39.1 Å². The van der Waals surface area contributed by atoms with Crippen LogP contribution in [0.1, 0.15) is 163 Å². The highest BCUT2D eigenvalue weighted by atomic mass is 79.9. The van der Waals surface area contributed by atoms with Gasteiger partial charge >= 0.3 is 0 Å². The summed E-state index contributed by atoms with van der Waals surface area (Å²) < 4.78 is 0.540. The number of benzene rings is 8. The van der Waals surface area contributed by atoms with E-state index in [0.29, 0.717) is 128 Å². The van der Waals surface area contributed by atoms with Crippen LogP contribution in [-0.2, 0) is 0 Å². The van der Waals surface area contributed by atoms with Gasteiger partial charge in [-0.15, -0.1) is 0 Å². The molecule has 4 amide bonds. The molecule has 4 heterocycles. The lowest BCUT2D eigenvalue weighted by atomic mass is 10.0. The van der Waals surface area contributed by atoms with Crippen molar-refractivity contribution in [2.24, 2.45) is 0 Å². The van der Waals surface area contributed by atoms with Crippen LogP contribution in [0.2, 0.25) is 60.3 Å². The molecule has 0 spiro atoms. The first-order valence-electron chi connectivity index (χ1n) is 33.4. The molecule has 4 aromatic heterocycles. The number of nitriles is 4. The van der Waals surface area contributed by atoms with E-state index < -0.39 is 24.2 Å². The molecule has 0 radical (unpaired) electrons. The van der Waals surface area contributed by atoms with Crippen LogP contribution in [0.25, 0.3) is 0 Å². The monoisotopic (exact) mass is 1790 g/mol. The van der Waals surface area contributed by atoms with E-state index in [0.717, 1.165) is 22.3 Å². The van der Waals surface area contributed by atoms with E-state index in [4.69, 9.17) is 160 Å². The third-order valence-electron chi connectivity index (χ3n) is 17.0. The number of hydrogen-bond donors (Lipinski definition) is 4. The number of aryl methyl sites for hydroxylation is 1. The number of aromatic nitrogens is 4. The maximum Gasteiger partial charge on any atom is 0.252 e. The van der Waals surface area contributed by atoms with Crippen LogP contribution in [-0.4, -0.2) is 43.6 Å². The molecule has 0 bridgehead atoms. The molecule has 1 saturated carbocycles. The molecule has 1 fully saturated rings. The second-order valence-corrected chi connectivity index (χ2v) is 30.6. The van der Waals surface area contributed by atoms with Crippen molar-refractivity contribution in [1.82, 2.24) is 41.2 Å². The third-order valence-corrected chi connectivity index (χ3v) is 21.5. The minimum Gasteiger partial charge on any atom is -0.340 e. The lowest BCUT2D eigenvalue weighted by Crippen LogP contribution is -2.30. The molecular formula is C84H53BrCl12N12O4. The quantitative estimate of drug-likeness (QED) is 0.0663. The predicted molar refractivity (Wildman–Crippen MR) is 449 cm³/mol. The van der Waals surface area contributed by atoms with Crippen LogP contribution in [0.5, 0.6) is 0 Å². The zero-order chi connectivity index (χ0) is 81.2. The van der Waals surface area contributed by atoms with Crippen molar-refractivity contribution in [2.45, 2.75) is 49.9 Å². The molecular weight excluding hydrogens is 1750 g/mol. The predicted octanol–water partition coefficient (Wildman–Crippen LogP) is 23.7. The summed E-state index contributed by atoms with van der Waals surface area (Å²) in [6.07, 6.45) is 8.99. The fraction of sp³-hybridized carbons (Fsp3) is 0.0952. The maximum atomic E-state index is 13.0. The SMILES string of the molecule is Cc1ccc(C(NC(=O)c2ccc(C#N)c(Cl)c2)c2ccc(Cl)c(Cl)c2)nc1.N#Cc1ccc(C(=O)NC(c2ccc(Cl)c(Cl)c2)c2ccc(C3CC3)cn2)cc1Cl.N#Cc1ccc(C(=O)N[C@@H](c2ccc(Cl)c(Cl)c2)c2ccc(Cl)cn2)cc1Br.N#Cc1ccc(C(=O)N[C@@H](c2ccc(Cl)cc2)c2ccc(Cl)cn2)cc1Cl. The van der Waals surface area contributed by atoms with Gasteiger partial charge in [-0.25, -0.2) is 0 Å². The zero-order valence-electron chi connectivity index (χ0n) is 58.3. The highest BCUT2D eigenvalue weighted by Crippen LogP contribution is 2.41. The number of rotatable bonds is 17. The lowest BCUT2D eigenvalue weighted by molar-refractivity contribution is 0.0934. The van der Waals surface area contributed by atoms with E-state index in [-0.39, 0.29) is 38.7 Å². The Bertz CT molecular complexity index is 5510. The average molecular weight is 1800 g/mol. The van der Waals surface area contributed by atoms with Gasteiger partial charge in [-0.2, -0.15) is 21.0 Å². The van der Waals surface area contributed by atoms with Crippen LogP contribution in [0.4, 0.5) is 0 Å². The Morgan fingerprint density at radius 3 is 0.938 bits per heavy atom. The molecule has 12 aromatic rings. The fourth-order valence-corrected chi connectivity index (χ4v) is 13.3. The van der Waals surface area contributed by atoms with E-state index in [9.17, 15) is 19.2 Å². The molecule has 4 atom stereocenters. The fourth-order valence-electron chi connectivity index (χ4n) is 10.9. The van der Waals surface area contributed by atoms with Gasteiger partial charge in [0.1, 0.15) is 24.3 Å². The number of pyridine rings is 4. The number of nitrogens with one attached hydrogen (secondary N) is 4. The number of nitrogens with zero attached hydrogens (tertiary/aromatic N) is 8. The van der Waals surface area contributed by atoms with Crippen molar-refractivity contribution in [3.63, 3.8) is 0 Å². The van der Waals surface area contributed by atoms with Crippen LogP contribution in [0.3, 0.4) is 0 Å². The molecule has 564 valence electrons.